The second-order valence-electron chi connectivity index (χ2n) is 6.31. The summed E-state index contributed by atoms with van der Waals surface area (Å²) >= 11 is 0. The van der Waals surface area contributed by atoms with Gasteiger partial charge in [-0.3, -0.25) is 9.59 Å². The molecule has 2 atom stereocenters. The second kappa shape index (κ2) is 7.78. The molecule has 1 radical (unpaired) electrons. The Labute approximate surface area is 127 Å². The van der Waals surface area contributed by atoms with E-state index in [1.165, 1.54) is 12.8 Å². The molecule has 5 heteroatoms. The number of nitrogens with zero attached hydrogens (tertiary/aromatic N) is 1. The van der Waals surface area contributed by atoms with E-state index in [0.29, 0.717) is 12.0 Å². The monoisotopic (exact) mass is 294 g/mol. The third-order valence-electron chi connectivity index (χ3n) is 4.63. The van der Waals surface area contributed by atoms with E-state index in [-0.39, 0.29) is 17.9 Å². The quantitative estimate of drug-likeness (QED) is 0.816. The van der Waals surface area contributed by atoms with Crippen molar-refractivity contribution in [3.05, 3.63) is 6.42 Å². The molecule has 0 aromatic heterocycles. The van der Waals surface area contributed by atoms with Gasteiger partial charge >= 0.3 is 0 Å². The maximum absolute atomic E-state index is 12.9. The van der Waals surface area contributed by atoms with Gasteiger partial charge in [0.2, 0.25) is 11.8 Å². The highest BCUT2D eigenvalue weighted by Crippen LogP contribution is 2.27. The molecule has 2 N–H and O–H groups in total. The van der Waals surface area contributed by atoms with Crippen LogP contribution in [0.3, 0.4) is 0 Å². The maximum atomic E-state index is 12.9. The minimum Gasteiger partial charge on any atom is -0.344 e. The molecule has 0 bridgehead atoms. The zero-order valence-electron chi connectivity index (χ0n) is 13.2. The molecule has 0 unspecified atom stereocenters. The van der Waals surface area contributed by atoms with Crippen molar-refractivity contribution in [3.8, 4) is 0 Å². The first kappa shape index (κ1) is 16.3. The van der Waals surface area contributed by atoms with Gasteiger partial charge in [0.25, 0.3) is 0 Å². The summed E-state index contributed by atoms with van der Waals surface area (Å²) in [6, 6.07) is -0.0255. The van der Waals surface area contributed by atoms with Gasteiger partial charge in [0.05, 0.1) is 0 Å². The molecule has 1 saturated carbocycles. The van der Waals surface area contributed by atoms with Crippen molar-refractivity contribution >= 4 is 11.8 Å². The molecule has 1 heterocycles. The molecule has 1 saturated heterocycles. The highest BCUT2D eigenvalue weighted by molar-refractivity contribution is 5.91. The third-order valence-corrected chi connectivity index (χ3v) is 4.63. The second-order valence-corrected chi connectivity index (χ2v) is 6.31. The van der Waals surface area contributed by atoms with Crippen molar-refractivity contribution in [2.75, 3.05) is 19.6 Å². The zero-order chi connectivity index (χ0) is 15.2. The number of nitrogens with one attached hydrogen (secondary N) is 2. The van der Waals surface area contributed by atoms with Crippen molar-refractivity contribution in [1.29, 1.82) is 0 Å². The fourth-order valence-electron chi connectivity index (χ4n) is 3.41. The number of hydrogen-bond donors (Lipinski definition) is 2. The van der Waals surface area contributed by atoms with Crippen LogP contribution in [0.4, 0.5) is 0 Å². The number of piperazine rings is 1. The Balaban J connectivity index is 2.05. The first-order chi connectivity index (χ1) is 10.1. The van der Waals surface area contributed by atoms with Crippen LogP contribution in [-0.4, -0.2) is 48.4 Å². The van der Waals surface area contributed by atoms with Gasteiger partial charge in [-0.1, -0.05) is 26.2 Å². The normalized spacial score (nSPS) is 25.4. The number of carbonyl (C=O) groups is 2. The lowest BCUT2D eigenvalue weighted by atomic mass is 9.83. The maximum Gasteiger partial charge on any atom is 0.245 e. The molecule has 0 aromatic carbocycles. The molecule has 21 heavy (non-hydrogen) atoms. The number of hydrogen-bond acceptors (Lipinski definition) is 3. The van der Waals surface area contributed by atoms with Gasteiger partial charge in [-0.05, 0) is 25.7 Å². The number of amides is 2. The Morgan fingerprint density at radius 3 is 2.62 bits per heavy atom. The zero-order valence-corrected chi connectivity index (χ0v) is 13.2. The lowest BCUT2D eigenvalue weighted by Gasteiger charge is -2.37. The van der Waals surface area contributed by atoms with Crippen molar-refractivity contribution in [2.24, 2.45) is 5.92 Å². The molecule has 1 aliphatic heterocycles. The average Bonchev–Trinajstić information content (AvgIpc) is 2.52. The van der Waals surface area contributed by atoms with Crippen LogP contribution in [0.25, 0.3) is 0 Å². The Morgan fingerprint density at radius 2 is 2.00 bits per heavy atom. The standard InChI is InChI=1S/C16H28N3O2/c1-3-14(20)18-15(13-7-5-4-6-8-13)16(21)19-10-9-17-12(2)11-19/h3,12-13,15,17H,4-11H2,1-2H3,(H,18,20)/t12-,15-/m0/s1. The molecule has 5 nitrogen and oxygen atoms in total. The van der Waals surface area contributed by atoms with Crippen LogP contribution >= 0.6 is 0 Å². The van der Waals surface area contributed by atoms with Gasteiger partial charge in [-0.15, -0.1) is 0 Å². The minimum absolute atomic E-state index is 0.102. The molecule has 1 aliphatic carbocycles. The lowest BCUT2D eigenvalue weighted by molar-refractivity contribution is -0.138. The van der Waals surface area contributed by atoms with Crippen LogP contribution in [-0.2, 0) is 9.59 Å². The molecule has 0 spiro atoms. The van der Waals surface area contributed by atoms with E-state index >= 15 is 0 Å². The minimum atomic E-state index is -0.348. The van der Waals surface area contributed by atoms with Crippen LogP contribution in [0.15, 0.2) is 0 Å². The van der Waals surface area contributed by atoms with Gasteiger partial charge < -0.3 is 15.5 Å². The Kier molecular flexibility index (Phi) is 6.03. The van der Waals surface area contributed by atoms with Gasteiger partial charge in [0, 0.05) is 32.1 Å². The van der Waals surface area contributed by atoms with E-state index < -0.39 is 0 Å². The van der Waals surface area contributed by atoms with Crippen LogP contribution in [0.2, 0.25) is 0 Å². The number of rotatable bonds is 4. The summed E-state index contributed by atoms with van der Waals surface area (Å²) < 4.78 is 0. The molecule has 119 valence electrons. The molecule has 0 aromatic rings. The molecule has 2 fully saturated rings. The van der Waals surface area contributed by atoms with Crippen molar-refractivity contribution < 1.29 is 9.59 Å². The van der Waals surface area contributed by atoms with E-state index in [1.54, 1.807) is 6.92 Å². The molecule has 2 rings (SSSR count). The first-order valence-corrected chi connectivity index (χ1v) is 8.24. The van der Waals surface area contributed by atoms with Gasteiger partial charge in [-0.2, -0.15) is 0 Å². The van der Waals surface area contributed by atoms with E-state index in [0.717, 1.165) is 45.3 Å². The average molecular weight is 294 g/mol. The van der Waals surface area contributed by atoms with E-state index in [1.807, 2.05) is 4.90 Å². The van der Waals surface area contributed by atoms with E-state index in [9.17, 15) is 9.59 Å². The van der Waals surface area contributed by atoms with Crippen LogP contribution in [0.5, 0.6) is 0 Å². The van der Waals surface area contributed by atoms with Crippen LogP contribution < -0.4 is 10.6 Å². The summed E-state index contributed by atoms with van der Waals surface area (Å²) in [4.78, 5) is 26.5. The highest BCUT2D eigenvalue weighted by atomic mass is 16.2. The van der Waals surface area contributed by atoms with Gasteiger partial charge in [0.1, 0.15) is 6.04 Å². The molecule has 2 aliphatic rings. The third kappa shape index (κ3) is 4.43. The topological polar surface area (TPSA) is 61.4 Å². The number of carbonyl (C=O) groups excluding carboxylic acids is 2. The predicted molar refractivity (Wildman–Crippen MR) is 82.5 cm³/mol. The Bertz CT molecular complexity index is 367. The van der Waals surface area contributed by atoms with Gasteiger partial charge in [-0.25, -0.2) is 0 Å². The molecular weight excluding hydrogens is 266 g/mol. The largest absolute Gasteiger partial charge is 0.344 e. The van der Waals surface area contributed by atoms with Crippen molar-refractivity contribution in [2.45, 2.75) is 58.0 Å². The van der Waals surface area contributed by atoms with E-state index in [2.05, 4.69) is 17.6 Å². The van der Waals surface area contributed by atoms with Crippen LogP contribution in [0.1, 0.15) is 46.0 Å². The summed E-state index contributed by atoms with van der Waals surface area (Å²) in [5.74, 6) is 0.257. The first-order valence-electron chi connectivity index (χ1n) is 8.24. The summed E-state index contributed by atoms with van der Waals surface area (Å²) in [5.41, 5.74) is 0. The summed E-state index contributed by atoms with van der Waals surface area (Å²) in [6.45, 7) is 6.10. The highest BCUT2D eigenvalue weighted by Gasteiger charge is 2.34. The fourth-order valence-corrected chi connectivity index (χ4v) is 3.41. The SMILES string of the molecule is C[CH]C(=O)N[C@H](C(=O)N1CCN[C@@H](C)C1)C1CCCCC1. The molecule has 2 amide bonds. The summed E-state index contributed by atoms with van der Waals surface area (Å²) in [5, 5.41) is 6.29. The van der Waals surface area contributed by atoms with Crippen LogP contribution in [0, 0.1) is 12.3 Å². The predicted octanol–water partition coefficient (Wildman–Crippen LogP) is 1.10. The Hall–Kier alpha value is -1.10. The Morgan fingerprint density at radius 1 is 1.29 bits per heavy atom. The summed E-state index contributed by atoms with van der Waals surface area (Å²) in [6.07, 6.45) is 7.17. The van der Waals surface area contributed by atoms with Crippen molar-refractivity contribution in [1.82, 2.24) is 15.5 Å². The summed E-state index contributed by atoms with van der Waals surface area (Å²) in [7, 11) is 0. The lowest BCUT2D eigenvalue weighted by Crippen LogP contribution is -2.58. The van der Waals surface area contributed by atoms with Crippen molar-refractivity contribution in [3.63, 3.8) is 0 Å². The van der Waals surface area contributed by atoms with E-state index in [4.69, 9.17) is 0 Å². The smallest absolute Gasteiger partial charge is 0.245 e. The fraction of sp³-hybridized carbons (Fsp3) is 0.812. The molecular formula is C16H28N3O2. The van der Waals surface area contributed by atoms with Gasteiger partial charge in [0.15, 0.2) is 0 Å².